The third-order valence-electron chi connectivity index (χ3n) is 5.42. The maximum absolute atomic E-state index is 13.3. The standard InChI is InChI=1S/C21H23ClN2O2/c1-20(2)10-12(11-21(3,4)23-20)24-18(25)14-7-5-6-13-16(22)9-8-15(17(13)14)19(24)26/h5-9,12,23H,10-11H2,1-4H3. The fraction of sp³-hybridized carbons (Fsp3) is 0.429. The fourth-order valence-corrected chi connectivity index (χ4v) is 5.08. The van der Waals surface area contributed by atoms with E-state index in [0.29, 0.717) is 21.5 Å². The first-order valence-corrected chi connectivity index (χ1v) is 9.36. The van der Waals surface area contributed by atoms with E-state index in [-0.39, 0.29) is 28.9 Å². The SMILES string of the molecule is CC1(C)CC(N2C(=O)c3cccc4c(Cl)ccc(c34)C2=O)CC(C)(C)N1. The van der Waals surface area contributed by atoms with E-state index in [1.165, 1.54) is 4.90 Å². The molecule has 0 aliphatic carbocycles. The highest BCUT2D eigenvalue weighted by Crippen LogP contribution is 2.38. The number of benzene rings is 2. The highest BCUT2D eigenvalue weighted by molar-refractivity contribution is 6.38. The van der Waals surface area contributed by atoms with Crippen LogP contribution in [0, 0.1) is 0 Å². The van der Waals surface area contributed by atoms with Gasteiger partial charge < -0.3 is 5.32 Å². The quantitative estimate of drug-likeness (QED) is 0.757. The van der Waals surface area contributed by atoms with Crippen LogP contribution >= 0.6 is 11.6 Å². The van der Waals surface area contributed by atoms with Crippen LogP contribution in [0.4, 0.5) is 0 Å². The van der Waals surface area contributed by atoms with Crippen LogP contribution in [0.15, 0.2) is 30.3 Å². The van der Waals surface area contributed by atoms with Crippen LogP contribution < -0.4 is 5.32 Å². The molecule has 2 heterocycles. The van der Waals surface area contributed by atoms with Gasteiger partial charge in [-0.05, 0) is 58.7 Å². The molecule has 1 N–H and O–H groups in total. The van der Waals surface area contributed by atoms with Crippen LogP contribution in [0.25, 0.3) is 10.8 Å². The van der Waals surface area contributed by atoms with E-state index in [9.17, 15) is 9.59 Å². The van der Waals surface area contributed by atoms with Crippen molar-refractivity contribution in [1.82, 2.24) is 10.2 Å². The molecule has 0 atom stereocenters. The molecular formula is C21H23ClN2O2. The first kappa shape index (κ1) is 17.5. The van der Waals surface area contributed by atoms with Gasteiger partial charge in [-0.1, -0.05) is 23.7 Å². The molecule has 0 aromatic heterocycles. The molecule has 0 spiro atoms. The average Bonchev–Trinajstić information content (AvgIpc) is 2.51. The third kappa shape index (κ3) is 2.63. The van der Waals surface area contributed by atoms with Gasteiger partial charge in [0.2, 0.25) is 0 Å². The monoisotopic (exact) mass is 370 g/mol. The zero-order chi connectivity index (χ0) is 18.9. The van der Waals surface area contributed by atoms with E-state index >= 15 is 0 Å². The number of nitrogens with zero attached hydrogens (tertiary/aromatic N) is 1. The number of carbonyl (C=O) groups excluding carboxylic acids is 2. The summed E-state index contributed by atoms with van der Waals surface area (Å²) in [5.41, 5.74) is 0.820. The molecule has 1 fully saturated rings. The molecule has 5 heteroatoms. The first-order valence-electron chi connectivity index (χ1n) is 8.98. The van der Waals surface area contributed by atoms with Gasteiger partial charge in [-0.3, -0.25) is 14.5 Å². The lowest BCUT2D eigenvalue weighted by Gasteiger charge is -2.49. The molecule has 0 saturated carbocycles. The van der Waals surface area contributed by atoms with Gasteiger partial charge in [0.15, 0.2) is 0 Å². The molecular weight excluding hydrogens is 348 g/mol. The van der Waals surface area contributed by atoms with E-state index in [1.54, 1.807) is 18.2 Å². The van der Waals surface area contributed by atoms with E-state index in [0.717, 1.165) is 18.2 Å². The molecule has 1 saturated heterocycles. The maximum atomic E-state index is 13.3. The molecule has 136 valence electrons. The van der Waals surface area contributed by atoms with Crippen LogP contribution in [0.1, 0.15) is 61.3 Å². The number of carbonyl (C=O) groups is 2. The Balaban J connectivity index is 1.85. The highest BCUT2D eigenvalue weighted by atomic mass is 35.5. The lowest BCUT2D eigenvalue weighted by molar-refractivity contribution is 0.0370. The van der Waals surface area contributed by atoms with Crippen LogP contribution in [0.3, 0.4) is 0 Å². The minimum atomic E-state index is -0.214. The number of rotatable bonds is 1. The second kappa shape index (κ2) is 5.54. The maximum Gasteiger partial charge on any atom is 0.261 e. The summed E-state index contributed by atoms with van der Waals surface area (Å²) in [7, 11) is 0. The van der Waals surface area contributed by atoms with Crippen molar-refractivity contribution >= 4 is 34.2 Å². The Morgan fingerprint density at radius 1 is 0.962 bits per heavy atom. The predicted octanol–water partition coefficient (Wildman–Crippen LogP) is 4.40. The molecule has 4 nitrogen and oxygen atoms in total. The Morgan fingerprint density at radius 3 is 2.15 bits per heavy atom. The molecule has 2 aliphatic heterocycles. The van der Waals surface area contributed by atoms with E-state index in [2.05, 4.69) is 33.0 Å². The Morgan fingerprint density at radius 2 is 1.54 bits per heavy atom. The molecule has 26 heavy (non-hydrogen) atoms. The molecule has 0 unspecified atom stereocenters. The lowest BCUT2D eigenvalue weighted by Crippen LogP contribution is -2.63. The third-order valence-corrected chi connectivity index (χ3v) is 5.75. The first-order chi connectivity index (χ1) is 12.1. The molecule has 0 radical (unpaired) electrons. The van der Waals surface area contributed by atoms with E-state index in [1.807, 2.05) is 12.1 Å². The number of nitrogens with one attached hydrogen (secondary N) is 1. The number of piperidine rings is 1. The highest BCUT2D eigenvalue weighted by Gasteiger charge is 2.45. The molecule has 2 aliphatic rings. The summed E-state index contributed by atoms with van der Waals surface area (Å²) < 4.78 is 0. The average molecular weight is 371 g/mol. The van der Waals surface area contributed by atoms with Gasteiger partial charge in [0.1, 0.15) is 0 Å². The number of halogens is 1. The van der Waals surface area contributed by atoms with Crippen molar-refractivity contribution < 1.29 is 9.59 Å². The number of hydrogen-bond donors (Lipinski definition) is 1. The van der Waals surface area contributed by atoms with Gasteiger partial charge in [-0.15, -0.1) is 0 Å². The summed E-state index contributed by atoms with van der Waals surface area (Å²) >= 11 is 6.29. The van der Waals surface area contributed by atoms with Gasteiger partial charge >= 0.3 is 0 Å². The Kier molecular flexibility index (Phi) is 3.73. The number of hydrogen-bond acceptors (Lipinski definition) is 3. The Hall–Kier alpha value is -1.91. The van der Waals surface area contributed by atoms with Crippen LogP contribution in [0.2, 0.25) is 5.02 Å². The van der Waals surface area contributed by atoms with Crippen molar-refractivity contribution in [2.24, 2.45) is 0 Å². The number of imide groups is 1. The van der Waals surface area contributed by atoms with Crippen LogP contribution in [-0.4, -0.2) is 33.8 Å². The van der Waals surface area contributed by atoms with Crippen molar-refractivity contribution in [2.45, 2.75) is 57.7 Å². The predicted molar refractivity (Wildman–Crippen MR) is 104 cm³/mol. The van der Waals surface area contributed by atoms with Gasteiger partial charge in [0.05, 0.1) is 0 Å². The zero-order valence-corrected chi connectivity index (χ0v) is 16.3. The van der Waals surface area contributed by atoms with E-state index < -0.39 is 0 Å². The van der Waals surface area contributed by atoms with E-state index in [4.69, 9.17) is 11.6 Å². The van der Waals surface area contributed by atoms with Gasteiger partial charge in [0, 0.05) is 44.0 Å². The molecule has 2 aromatic rings. The second-order valence-corrected chi connectivity index (χ2v) is 9.17. The summed E-state index contributed by atoms with van der Waals surface area (Å²) in [5.74, 6) is -0.428. The molecule has 2 aromatic carbocycles. The lowest BCUT2D eigenvalue weighted by atomic mass is 9.78. The van der Waals surface area contributed by atoms with Crippen molar-refractivity contribution in [2.75, 3.05) is 0 Å². The van der Waals surface area contributed by atoms with Crippen molar-refractivity contribution in [1.29, 1.82) is 0 Å². The van der Waals surface area contributed by atoms with Gasteiger partial charge in [0.25, 0.3) is 11.8 Å². The molecule has 0 bridgehead atoms. The summed E-state index contributed by atoms with van der Waals surface area (Å²) in [4.78, 5) is 28.1. The smallest absolute Gasteiger partial charge is 0.261 e. The summed E-state index contributed by atoms with van der Waals surface area (Å²) in [6.07, 6.45) is 1.46. The van der Waals surface area contributed by atoms with Crippen molar-refractivity contribution in [3.8, 4) is 0 Å². The van der Waals surface area contributed by atoms with Crippen LogP contribution in [-0.2, 0) is 0 Å². The molecule has 4 rings (SSSR count). The van der Waals surface area contributed by atoms with Gasteiger partial charge in [-0.25, -0.2) is 0 Å². The summed E-state index contributed by atoms with van der Waals surface area (Å²) in [6, 6.07) is 8.83. The second-order valence-electron chi connectivity index (χ2n) is 8.76. The molecule has 2 amide bonds. The van der Waals surface area contributed by atoms with Gasteiger partial charge in [-0.2, -0.15) is 0 Å². The summed E-state index contributed by atoms with van der Waals surface area (Å²) in [6.45, 7) is 8.48. The zero-order valence-electron chi connectivity index (χ0n) is 15.5. The Bertz CT molecular complexity index is 910. The normalized spacial score (nSPS) is 22.1. The number of amides is 2. The topological polar surface area (TPSA) is 49.4 Å². The largest absolute Gasteiger partial charge is 0.307 e. The van der Waals surface area contributed by atoms with Crippen LogP contribution in [0.5, 0.6) is 0 Å². The van der Waals surface area contributed by atoms with Crippen molar-refractivity contribution in [3.05, 3.63) is 46.5 Å². The Labute approximate surface area is 158 Å². The van der Waals surface area contributed by atoms with Crippen molar-refractivity contribution in [3.63, 3.8) is 0 Å². The minimum Gasteiger partial charge on any atom is -0.307 e. The minimum absolute atomic E-state index is 0.139. The summed E-state index contributed by atoms with van der Waals surface area (Å²) in [5, 5.41) is 5.61. The fourth-order valence-electron chi connectivity index (χ4n) is 4.86.